The molecule has 0 bridgehead atoms. The molecular formula is C48H50N2. The molecule has 0 spiro atoms. The molecule has 252 valence electrons. The summed E-state index contributed by atoms with van der Waals surface area (Å²) in [5, 5.41) is 0. The number of fused-ring (bicyclic) bond motifs is 2. The number of para-hydroxylation sites is 1. The van der Waals surface area contributed by atoms with Crippen molar-refractivity contribution >= 4 is 41.4 Å². The molecule has 0 aliphatic heterocycles. The summed E-state index contributed by atoms with van der Waals surface area (Å²) in [5.74, 6) is 0.462. The zero-order valence-corrected chi connectivity index (χ0v) is 29.4. The first-order valence-corrected chi connectivity index (χ1v) is 19.0. The van der Waals surface area contributed by atoms with E-state index in [2.05, 4.69) is 144 Å². The Bertz CT molecular complexity index is 1930. The first-order chi connectivity index (χ1) is 24.7. The van der Waals surface area contributed by atoms with Crippen LogP contribution in [0.3, 0.4) is 0 Å². The molecule has 0 aromatic heterocycles. The highest BCUT2D eigenvalue weighted by molar-refractivity contribution is 5.81. The van der Waals surface area contributed by atoms with Gasteiger partial charge in [-0.2, -0.15) is 0 Å². The molecule has 0 heterocycles. The Morgan fingerprint density at radius 3 is 2.10 bits per heavy atom. The highest BCUT2D eigenvalue weighted by Crippen LogP contribution is 2.42. The standard InChI is InChI=1S/C48H50N2/c1-3-35-27-33-47(45-21-13-11-19-43(35)45)49(39-15-7-5-8-16-39)41-29-23-37(24-30-41)38-25-31-42(32-26-38)50(40-17-9-6-10-18-40)48-34-28-36(4-2)44-20-12-14-22-46(44)48/h3-9,12-13,15-16,20-21,23-25,27-29,31,33-34,38,40-42H,1-2,10-11,14,17-19,22,26,30,32H2. The van der Waals surface area contributed by atoms with Gasteiger partial charge in [0.15, 0.2) is 0 Å². The van der Waals surface area contributed by atoms with Gasteiger partial charge in [0, 0.05) is 40.6 Å². The van der Waals surface area contributed by atoms with Crippen molar-refractivity contribution in [3.63, 3.8) is 0 Å². The van der Waals surface area contributed by atoms with Crippen molar-refractivity contribution in [2.75, 3.05) is 9.80 Å². The summed E-state index contributed by atoms with van der Waals surface area (Å²) in [6.07, 6.45) is 41.9. The van der Waals surface area contributed by atoms with Crippen LogP contribution in [0, 0.1) is 5.92 Å². The summed E-state index contributed by atoms with van der Waals surface area (Å²) in [5.41, 5.74) is 13.6. The molecule has 2 nitrogen and oxygen atoms in total. The minimum atomic E-state index is 0.254. The number of nitrogens with zero attached hydrogens (tertiary/aromatic N) is 2. The van der Waals surface area contributed by atoms with Crippen molar-refractivity contribution < 1.29 is 0 Å². The highest BCUT2D eigenvalue weighted by atomic mass is 15.2. The van der Waals surface area contributed by atoms with Gasteiger partial charge in [0.1, 0.15) is 0 Å². The first kappa shape index (κ1) is 32.4. The van der Waals surface area contributed by atoms with E-state index in [9.17, 15) is 0 Å². The first-order valence-electron chi connectivity index (χ1n) is 19.0. The van der Waals surface area contributed by atoms with E-state index >= 15 is 0 Å². The summed E-state index contributed by atoms with van der Waals surface area (Å²) < 4.78 is 0. The molecule has 3 aromatic carbocycles. The molecule has 50 heavy (non-hydrogen) atoms. The van der Waals surface area contributed by atoms with Gasteiger partial charge >= 0.3 is 0 Å². The van der Waals surface area contributed by atoms with Crippen molar-refractivity contribution in [1.82, 2.24) is 0 Å². The van der Waals surface area contributed by atoms with E-state index in [1.165, 1.54) is 81.7 Å². The predicted octanol–water partition coefficient (Wildman–Crippen LogP) is 12.2. The normalized spacial score (nSPS) is 23.5. The van der Waals surface area contributed by atoms with Crippen LogP contribution in [0.25, 0.3) is 24.3 Å². The van der Waals surface area contributed by atoms with E-state index in [0.717, 1.165) is 38.5 Å². The number of hydrogen-bond donors (Lipinski definition) is 0. The van der Waals surface area contributed by atoms with Crippen LogP contribution in [-0.2, 0) is 12.8 Å². The Hall–Kier alpha value is -4.82. The van der Waals surface area contributed by atoms with E-state index in [4.69, 9.17) is 0 Å². The Morgan fingerprint density at radius 2 is 1.38 bits per heavy atom. The number of hydrogen-bond acceptors (Lipinski definition) is 2. The van der Waals surface area contributed by atoms with E-state index in [-0.39, 0.29) is 6.04 Å². The minimum Gasteiger partial charge on any atom is -0.362 e. The second-order valence-electron chi connectivity index (χ2n) is 14.5. The lowest BCUT2D eigenvalue weighted by molar-refractivity contribution is 0.460. The molecule has 0 fully saturated rings. The van der Waals surface area contributed by atoms with E-state index in [1.807, 2.05) is 12.2 Å². The summed E-state index contributed by atoms with van der Waals surface area (Å²) in [7, 11) is 0. The lowest BCUT2D eigenvalue weighted by Gasteiger charge is -2.43. The Kier molecular flexibility index (Phi) is 9.44. The molecule has 2 heteroatoms. The fraction of sp³-hybridized carbons (Fsp3) is 0.292. The van der Waals surface area contributed by atoms with Gasteiger partial charge < -0.3 is 9.80 Å². The van der Waals surface area contributed by atoms with Crippen LogP contribution >= 0.6 is 0 Å². The SMILES string of the molecule is C=Cc1ccc(N(C2C=CC(C3=CCC(N(c4ccccc4)c4ccc(C=C)c5c4C=CCC5)C=C3)CC2)C2CC=CCC2)c2c1C=CCC2. The average molecular weight is 655 g/mol. The molecule has 0 saturated carbocycles. The molecule has 0 N–H and O–H groups in total. The van der Waals surface area contributed by atoms with Crippen LogP contribution in [0.1, 0.15) is 84.7 Å². The van der Waals surface area contributed by atoms with Crippen molar-refractivity contribution in [3.8, 4) is 0 Å². The molecule has 0 saturated heterocycles. The van der Waals surface area contributed by atoms with Crippen molar-refractivity contribution in [2.24, 2.45) is 5.92 Å². The van der Waals surface area contributed by atoms with Crippen LogP contribution in [0.5, 0.6) is 0 Å². The lowest BCUT2D eigenvalue weighted by Crippen LogP contribution is -2.45. The third kappa shape index (κ3) is 6.22. The van der Waals surface area contributed by atoms with Crippen molar-refractivity contribution in [1.29, 1.82) is 0 Å². The molecule has 3 aromatic rings. The largest absolute Gasteiger partial charge is 0.362 e. The van der Waals surface area contributed by atoms with Crippen LogP contribution in [0.2, 0.25) is 0 Å². The van der Waals surface area contributed by atoms with Crippen LogP contribution in [-0.4, -0.2) is 18.1 Å². The molecule has 4 unspecified atom stereocenters. The Labute approximate surface area is 299 Å². The quantitative estimate of drug-likeness (QED) is 0.212. The van der Waals surface area contributed by atoms with Crippen molar-refractivity contribution in [2.45, 2.75) is 82.3 Å². The minimum absolute atomic E-state index is 0.254. The van der Waals surface area contributed by atoms with Gasteiger partial charge in [-0.3, -0.25) is 0 Å². The van der Waals surface area contributed by atoms with Gasteiger partial charge in [0.05, 0.1) is 6.04 Å². The third-order valence-electron chi connectivity index (χ3n) is 11.6. The summed E-state index contributed by atoms with van der Waals surface area (Å²) in [6, 6.07) is 21.4. The van der Waals surface area contributed by atoms with Gasteiger partial charge in [-0.15, -0.1) is 0 Å². The maximum atomic E-state index is 4.13. The summed E-state index contributed by atoms with van der Waals surface area (Å²) in [4.78, 5) is 5.37. The van der Waals surface area contributed by atoms with Crippen LogP contribution in [0.4, 0.5) is 17.1 Å². The van der Waals surface area contributed by atoms with Gasteiger partial charge in [-0.25, -0.2) is 0 Å². The second kappa shape index (κ2) is 14.6. The molecule has 4 atom stereocenters. The van der Waals surface area contributed by atoms with E-state index in [1.54, 1.807) is 0 Å². The Morgan fingerprint density at radius 1 is 0.600 bits per heavy atom. The molecule has 0 radical (unpaired) electrons. The maximum absolute atomic E-state index is 4.13. The zero-order valence-electron chi connectivity index (χ0n) is 29.4. The fourth-order valence-corrected chi connectivity index (χ4v) is 9.12. The van der Waals surface area contributed by atoms with Crippen molar-refractivity contribution in [3.05, 3.63) is 161 Å². The van der Waals surface area contributed by atoms with E-state index in [0.29, 0.717) is 18.0 Å². The zero-order chi connectivity index (χ0) is 33.9. The number of allylic oxidation sites excluding steroid dienone is 6. The maximum Gasteiger partial charge on any atom is 0.0560 e. The van der Waals surface area contributed by atoms with Gasteiger partial charge in [-0.05, 0) is 122 Å². The van der Waals surface area contributed by atoms with Gasteiger partial charge in [-0.1, -0.05) is 122 Å². The average Bonchev–Trinajstić information content (AvgIpc) is 3.19. The number of anilines is 3. The van der Waals surface area contributed by atoms with Crippen LogP contribution in [0.15, 0.2) is 128 Å². The Balaban J connectivity index is 1.05. The smallest absolute Gasteiger partial charge is 0.0560 e. The third-order valence-corrected chi connectivity index (χ3v) is 11.6. The summed E-state index contributed by atoms with van der Waals surface area (Å²) in [6.45, 7) is 8.24. The second-order valence-corrected chi connectivity index (χ2v) is 14.5. The number of rotatable bonds is 9. The monoisotopic (exact) mass is 654 g/mol. The highest BCUT2D eigenvalue weighted by Gasteiger charge is 2.32. The fourth-order valence-electron chi connectivity index (χ4n) is 9.12. The molecule has 8 rings (SSSR count). The van der Waals surface area contributed by atoms with Crippen LogP contribution < -0.4 is 9.80 Å². The van der Waals surface area contributed by atoms with E-state index < -0.39 is 0 Å². The lowest BCUT2D eigenvalue weighted by atomic mass is 9.82. The molecule has 0 amide bonds. The molecule has 5 aliphatic rings. The predicted molar refractivity (Wildman–Crippen MR) is 217 cm³/mol. The molecule has 5 aliphatic carbocycles. The van der Waals surface area contributed by atoms with Gasteiger partial charge in [0.2, 0.25) is 0 Å². The molecular weight excluding hydrogens is 605 g/mol. The van der Waals surface area contributed by atoms with Gasteiger partial charge in [0.25, 0.3) is 0 Å². The summed E-state index contributed by atoms with van der Waals surface area (Å²) >= 11 is 0. The number of benzene rings is 3. The topological polar surface area (TPSA) is 6.48 Å².